The first-order valence-corrected chi connectivity index (χ1v) is 4.27. The number of rotatable bonds is 3. The van der Waals surface area contributed by atoms with Gasteiger partial charge in [0.25, 0.3) is 0 Å². The molecule has 0 spiro atoms. The van der Waals surface area contributed by atoms with Gasteiger partial charge in [-0.1, -0.05) is 29.8 Å². The van der Waals surface area contributed by atoms with Crippen LogP contribution in [0, 0.1) is 6.92 Å². The molecule has 3 N–H and O–H groups in total. The number of aliphatic hydroxyl groups excluding tert-OH is 1. The van der Waals surface area contributed by atoms with Crippen molar-refractivity contribution in [3.8, 4) is 0 Å². The lowest BCUT2D eigenvalue weighted by Gasteiger charge is -2.12. The van der Waals surface area contributed by atoms with Crippen molar-refractivity contribution in [3.05, 3.63) is 47.5 Å². The molecule has 0 fully saturated rings. The van der Waals surface area contributed by atoms with E-state index in [-0.39, 0.29) is 12.6 Å². The van der Waals surface area contributed by atoms with Crippen LogP contribution < -0.4 is 5.73 Å². The quantitative estimate of drug-likeness (QED) is 0.690. The molecule has 1 rings (SSSR count). The van der Waals surface area contributed by atoms with Crippen LogP contribution in [0.25, 0.3) is 0 Å². The van der Waals surface area contributed by atoms with Gasteiger partial charge in [-0.3, -0.25) is 0 Å². The second-order valence-electron chi connectivity index (χ2n) is 3.12. The van der Waals surface area contributed by atoms with Gasteiger partial charge < -0.3 is 10.8 Å². The molecule has 1 aromatic rings. The van der Waals surface area contributed by atoms with Crippen molar-refractivity contribution in [2.45, 2.75) is 19.6 Å². The van der Waals surface area contributed by atoms with Crippen LogP contribution in [0.2, 0.25) is 0 Å². The first-order chi connectivity index (χ1) is 6.19. The van der Waals surface area contributed by atoms with E-state index in [1.165, 1.54) is 0 Å². The molecule has 2 nitrogen and oxygen atoms in total. The summed E-state index contributed by atoms with van der Waals surface area (Å²) in [7, 11) is 0. The van der Waals surface area contributed by atoms with E-state index in [4.69, 9.17) is 10.8 Å². The molecule has 0 aromatic heterocycles. The topological polar surface area (TPSA) is 46.2 Å². The van der Waals surface area contributed by atoms with Crippen LogP contribution in [0.3, 0.4) is 0 Å². The van der Waals surface area contributed by atoms with Crippen molar-refractivity contribution >= 4 is 0 Å². The van der Waals surface area contributed by atoms with E-state index in [2.05, 4.69) is 6.58 Å². The van der Waals surface area contributed by atoms with Gasteiger partial charge in [-0.2, -0.15) is 0 Å². The van der Waals surface area contributed by atoms with Gasteiger partial charge in [0.2, 0.25) is 0 Å². The third kappa shape index (κ3) is 2.17. The molecular formula is C11H15NO. The summed E-state index contributed by atoms with van der Waals surface area (Å²) in [5.74, 6) is 0. The lowest BCUT2D eigenvalue weighted by Crippen LogP contribution is -2.09. The Morgan fingerprint density at radius 1 is 1.62 bits per heavy atom. The molecule has 13 heavy (non-hydrogen) atoms. The summed E-state index contributed by atoms with van der Waals surface area (Å²) >= 11 is 0. The van der Waals surface area contributed by atoms with Crippen molar-refractivity contribution in [1.29, 1.82) is 0 Å². The van der Waals surface area contributed by atoms with Gasteiger partial charge in [0.05, 0.1) is 6.61 Å². The van der Waals surface area contributed by atoms with Gasteiger partial charge in [-0.15, -0.1) is 6.58 Å². The molecule has 70 valence electrons. The smallest absolute Gasteiger partial charge is 0.0685 e. The highest BCUT2D eigenvalue weighted by Crippen LogP contribution is 2.18. The number of nitrogens with two attached hydrogens (primary N) is 1. The van der Waals surface area contributed by atoms with Gasteiger partial charge in [0.1, 0.15) is 0 Å². The fraction of sp³-hybridized carbons (Fsp3) is 0.273. The Kier molecular flexibility index (Phi) is 3.23. The molecule has 0 aliphatic carbocycles. The van der Waals surface area contributed by atoms with Gasteiger partial charge in [0.15, 0.2) is 0 Å². The zero-order valence-corrected chi connectivity index (χ0v) is 7.83. The Balaban J connectivity index is 3.14. The van der Waals surface area contributed by atoms with Gasteiger partial charge >= 0.3 is 0 Å². The molecule has 0 unspecified atom stereocenters. The molecule has 1 aromatic carbocycles. The van der Waals surface area contributed by atoms with Crippen LogP contribution in [-0.4, -0.2) is 5.11 Å². The van der Waals surface area contributed by atoms with E-state index in [9.17, 15) is 0 Å². The Hall–Kier alpha value is -1.12. The lowest BCUT2D eigenvalue weighted by atomic mass is 9.99. The Morgan fingerprint density at radius 2 is 2.31 bits per heavy atom. The number of aryl methyl sites for hydroxylation is 1. The van der Waals surface area contributed by atoms with Crippen molar-refractivity contribution < 1.29 is 5.11 Å². The highest BCUT2D eigenvalue weighted by Gasteiger charge is 2.06. The fourth-order valence-corrected chi connectivity index (χ4v) is 1.30. The second-order valence-corrected chi connectivity index (χ2v) is 3.12. The normalized spacial score (nSPS) is 12.5. The molecule has 0 aliphatic heterocycles. The maximum atomic E-state index is 9.06. The van der Waals surface area contributed by atoms with Gasteiger partial charge in [-0.05, 0) is 18.1 Å². The Bertz CT molecular complexity index is 307. The molecular weight excluding hydrogens is 162 g/mol. The summed E-state index contributed by atoms with van der Waals surface area (Å²) in [5, 5.41) is 9.06. The van der Waals surface area contributed by atoms with Crippen LogP contribution in [0.15, 0.2) is 30.9 Å². The predicted octanol–water partition coefficient (Wildman–Crippen LogP) is 1.67. The van der Waals surface area contributed by atoms with Gasteiger partial charge in [0, 0.05) is 6.04 Å². The van der Waals surface area contributed by atoms with Crippen LogP contribution in [-0.2, 0) is 6.61 Å². The van der Waals surface area contributed by atoms with Crippen LogP contribution >= 0.6 is 0 Å². The first-order valence-electron chi connectivity index (χ1n) is 4.27. The average Bonchev–Trinajstić information content (AvgIpc) is 2.16. The number of benzene rings is 1. The number of aliphatic hydroxyl groups is 1. The third-order valence-electron chi connectivity index (χ3n) is 2.08. The summed E-state index contributed by atoms with van der Waals surface area (Å²) in [6.45, 7) is 5.66. The predicted molar refractivity (Wildman–Crippen MR) is 54.2 cm³/mol. The fourth-order valence-electron chi connectivity index (χ4n) is 1.30. The summed E-state index contributed by atoms with van der Waals surface area (Å²) in [6, 6.07) is 5.65. The van der Waals surface area contributed by atoms with Crippen molar-refractivity contribution in [1.82, 2.24) is 0 Å². The monoisotopic (exact) mass is 177 g/mol. The number of hydrogen-bond acceptors (Lipinski definition) is 2. The van der Waals surface area contributed by atoms with Crippen molar-refractivity contribution in [3.63, 3.8) is 0 Å². The maximum absolute atomic E-state index is 9.06. The molecule has 0 saturated heterocycles. The van der Waals surface area contributed by atoms with Crippen molar-refractivity contribution in [2.24, 2.45) is 5.73 Å². The maximum Gasteiger partial charge on any atom is 0.0685 e. The molecule has 0 radical (unpaired) electrons. The molecule has 0 heterocycles. The summed E-state index contributed by atoms with van der Waals surface area (Å²) in [6.07, 6.45) is 1.67. The van der Waals surface area contributed by atoms with Crippen LogP contribution in [0.1, 0.15) is 22.7 Å². The minimum Gasteiger partial charge on any atom is -0.392 e. The van der Waals surface area contributed by atoms with E-state index in [1.807, 2.05) is 25.1 Å². The zero-order valence-electron chi connectivity index (χ0n) is 7.83. The average molecular weight is 177 g/mol. The minimum atomic E-state index is -0.193. The standard InChI is InChI=1S/C11H15NO/c1-3-11(12)10-6-8(2)4-5-9(10)7-13/h3-6,11,13H,1,7,12H2,2H3/t11-/m0/s1. The van der Waals surface area contributed by atoms with Crippen LogP contribution in [0.4, 0.5) is 0 Å². The zero-order chi connectivity index (χ0) is 9.84. The van der Waals surface area contributed by atoms with E-state index in [1.54, 1.807) is 6.08 Å². The SMILES string of the molecule is C=C[C@H](N)c1cc(C)ccc1CO. The number of hydrogen-bond donors (Lipinski definition) is 2. The first kappa shape index (κ1) is 9.96. The van der Waals surface area contributed by atoms with E-state index in [0.29, 0.717) is 0 Å². The summed E-state index contributed by atoms with van der Waals surface area (Å²) in [4.78, 5) is 0. The van der Waals surface area contributed by atoms with Crippen LogP contribution in [0.5, 0.6) is 0 Å². The van der Waals surface area contributed by atoms with E-state index < -0.39 is 0 Å². The summed E-state index contributed by atoms with van der Waals surface area (Å²) < 4.78 is 0. The molecule has 0 bridgehead atoms. The second kappa shape index (κ2) is 4.21. The molecule has 1 atom stereocenters. The lowest BCUT2D eigenvalue weighted by molar-refractivity contribution is 0.280. The third-order valence-corrected chi connectivity index (χ3v) is 2.08. The van der Waals surface area contributed by atoms with Crippen molar-refractivity contribution in [2.75, 3.05) is 0 Å². The van der Waals surface area contributed by atoms with E-state index in [0.717, 1.165) is 16.7 Å². The molecule has 0 amide bonds. The highest BCUT2D eigenvalue weighted by molar-refractivity contribution is 5.35. The Morgan fingerprint density at radius 3 is 2.85 bits per heavy atom. The highest BCUT2D eigenvalue weighted by atomic mass is 16.3. The minimum absolute atomic E-state index is 0.0250. The molecule has 2 heteroatoms. The molecule has 0 aliphatic rings. The largest absolute Gasteiger partial charge is 0.392 e. The Labute approximate surface area is 78.7 Å². The van der Waals surface area contributed by atoms with Gasteiger partial charge in [-0.25, -0.2) is 0 Å². The molecule has 0 saturated carbocycles. The van der Waals surface area contributed by atoms with E-state index >= 15 is 0 Å². The summed E-state index contributed by atoms with van der Waals surface area (Å²) in [5.41, 5.74) is 8.78.